The third-order valence-corrected chi connectivity index (χ3v) is 7.13. The molecule has 0 aliphatic heterocycles. The van der Waals surface area contributed by atoms with E-state index in [1.807, 2.05) is 31.2 Å². The molecule has 2 N–H and O–H groups in total. The summed E-state index contributed by atoms with van der Waals surface area (Å²) in [6.45, 7) is 9.51. The van der Waals surface area contributed by atoms with E-state index in [0.717, 1.165) is 11.1 Å². The van der Waals surface area contributed by atoms with E-state index in [0.29, 0.717) is 17.8 Å². The number of sulfonamides is 1. The minimum atomic E-state index is -3.75. The number of halogens is 1. The molecule has 1 aromatic heterocycles. The molecule has 0 radical (unpaired) electrons. The molecular weight excluding hydrogens is 460 g/mol. The topological polar surface area (TPSA) is 93.1 Å². The quantitative estimate of drug-likeness (QED) is 0.521. The molecule has 3 rings (SSSR count). The van der Waals surface area contributed by atoms with Gasteiger partial charge in [0.25, 0.3) is 5.91 Å². The van der Waals surface area contributed by atoms with Crippen molar-refractivity contribution >= 4 is 27.5 Å². The molecular formula is C24H29ClN4O3S. The van der Waals surface area contributed by atoms with Crippen molar-refractivity contribution in [1.29, 1.82) is 0 Å². The van der Waals surface area contributed by atoms with E-state index < -0.39 is 21.5 Å². The first-order valence-corrected chi connectivity index (χ1v) is 12.4. The molecule has 0 bridgehead atoms. The predicted octanol–water partition coefficient (Wildman–Crippen LogP) is 4.21. The number of carbonyl (C=O) groups is 1. The summed E-state index contributed by atoms with van der Waals surface area (Å²) in [5.41, 5.74) is 2.79. The molecule has 0 unspecified atom stereocenters. The van der Waals surface area contributed by atoms with Gasteiger partial charge in [0.15, 0.2) is 0 Å². The second-order valence-electron chi connectivity index (χ2n) is 9.04. The van der Waals surface area contributed by atoms with Gasteiger partial charge in [-0.2, -0.15) is 5.10 Å². The van der Waals surface area contributed by atoms with Crippen molar-refractivity contribution in [3.63, 3.8) is 0 Å². The van der Waals surface area contributed by atoms with Gasteiger partial charge in [-0.3, -0.25) is 4.79 Å². The van der Waals surface area contributed by atoms with E-state index in [9.17, 15) is 13.2 Å². The maximum absolute atomic E-state index is 12.9. The smallest absolute Gasteiger partial charge is 0.256 e. The minimum absolute atomic E-state index is 0.0268. The largest absolute Gasteiger partial charge is 0.348 e. The summed E-state index contributed by atoms with van der Waals surface area (Å²) in [7, 11) is -3.75. The Bertz CT molecular complexity index is 1260. The molecule has 3 aromatic rings. The van der Waals surface area contributed by atoms with E-state index in [1.54, 1.807) is 50.6 Å². The molecule has 1 amide bonds. The predicted molar refractivity (Wildman–Crippen MR) is 130 cm³/mol. The van der Waals surface area contributed by atoms with E-state index in [1.165, 1.54) is 6.07 Å². The highest BCUT2D eigenvalue weighted by molar-refractivity contribution is 7.89. The molecule has 0 fully saturated rings. The molecule has 33 heavy (non-hydrogen) atoms. The van der Waals surface area contributed by atoms with Gasteiger partial charge < -0.3 is 5.32 Å². The average molecular weight is 489 g/mol. The number of nitrogens with one attached hydrogen (secondary N) is 2. The fourth-order valence-corrected chi connectivity index (χ4v) is 5.40. The maximum atomic E-state index is 12.9. The average Bonchev–Trinajstić information content (AvgIpc) is 2.99. The number of rotatable bonds is 7. The van der Waals surface area contributed by atoms with Crippen molar-refractivity contribution in [3.05, 3.63) is 81.6 Å². The molecule has 2 aromatic carbocycles. The van der Waals surface area contributed by atoms with Gasteiger partial charge in [0.2, 0.25) is 10.0 Å². The first-order chi connectivity index (χ1) is 15.4. The Labute approximate surface area is 200 Å². The van der Waals surface area contributed by atoms with Gasteiger partial charge in [0.05, 0.1) is 22.7 Å². The van der Waals surface area contributed by atoms with E-state index in [-0.39, 0.29) is 22.2 Å². The van der Waals surface area contributed by atoms with Crippen LogP contribution in [-0.2, 0) is 23.1 Å². The Morgan fingerprint density at radius 2 is 1.70 bits per heavy atom. The zero-order chi connectivity index (χ0) is 24.4. The van der Waals surface area contributed by atoms with Crippen molar-refractivity contribution in [1.82, 2.24) is 19.8 Å². The Hall–Kier alpha value is -2.68. The number of nitrogens with zero attached hydrogens (tertiary/aromatic N) is 2. The summed E-state index contributed by atoms with van der Waals surface area (Å²) >= 11 is 6.50. The molecule has 0 spiro atoms. The van der Waals surface area contributed by atoms with E-state index in [2.05, 4.69) is 15.1 Å². The molecule has 176 valence electrons. The van der Waals surface area contributed by atoms with Crippen LogP contribution in [0.3, 0.4) is 0 Å². The van der Waals surface area contributed by atoms with Gasteiger partial charge in [0, 0.05) is 12.1 Å². The van der Waals surface area contributed by atoms with Gasteiger partial charge in [-0.15, -0.1) is 0 Å². The Kier molecular flexibility index (Phi) is 7.31. The summed E-state index contributed by atoms with van der Waals surface area (Å²) in [5, 5.41) is 7.44. The number of benzene rings is 2. The molecule has 0 atom stereocenters. The van der Waals surface area contributed by atoms with Crippen molar-refractivity contribution in [2.24, 2.45) is 0 Å². The fraction of sp³-hybridized carbons (Fsp3) is 0.333. The summed E-state index contributed by atoms with van der Waals surface area (Å²) in [6, 6.07) is 14.6. The van der Waals surface area contributed by atoms with Crippen LogP contribution in [0.1, 0.15) is 53.5 Å². The SMILES string of the molecule is Cc1ccc(Cn2nc(C)c(C(=O)NCc3ccccc3S(=O)(=O)NC(C)(C)C)c2Cl)cc1. The number of amides is 1. The first-order valence-electron chi connectivity index (χ1n) is 10.6. The number of hydrogen-bond donors (Lipinski definition) is 2. The fourth-order valence-electron chi connectivity index (χ4n) is 3.42. The highest BCUT2D eigenvalue weighted by Crippen LogP contribution is 2.22. The maximum Gasteiger partial charge on any atom is 0.256 e. The number of hydrogen-bond acceptors (Lipinski definition) is 4. The van der Waals surface area contributed by atoms with Crippen molar-refractivity contribution in [2.75, 3.05) is 0 Å². The van der Waals surface area contributed by atoms with Crippen LogP contribution in [0.5, 0.6) is 0 Å². The summed E-state index contributed by atoms with van der Waals surface area (Å²) in [5.74, 6) is -0.413. The van der Waals surface area contributed by atoms with Crippen molar-refractivity contribution < 1.29 is 13.2 Å². The number of carbonyl (C=O) groups excluding carboxylic acids is 1. The van der Waals surface area contributed by atoms with Gasteiger partial charge in [-0.25, -0.2) is 17.8 Å². The van der Waals surface area contributed by atoms with Gasteiger partial charge in [-0.1, -0.05) is 59.6 Å². The summed E-state index contributed by atoms with van der Waals surface area (Å²) < 4.78 is 29.9. The lowest BCUT2D eigenvalue weighted by Crippen LogP contribution is -2.41. The number of aryl methyl sites for hydroxylation is 2. The zero-order valence-electron chi connectivity index (χ0n) is 19.4. The van der Waals surface area contributed by atoms with Crippen LogP contribution in [0.2, 0.25) is 5.15 Å². The lowest BCUT2D eigenvalue weighted by atomic mass is 10.1. The lowest BCUT2D eigenvalue weighted by molar-refractivity contribution is 0.0950. The van der Waals surface area contributed by atoms with Gasteiger partial charge >= 0.3 is 0 Å². The first kappa shape index (κ1) is 25.0. The van der Waals surface area contributed by atoms with Crippen molar-refractivity contribution in [3.8, 4) is 0 Å². The van der Waals surface area contributed by atoms with Crippen LogP contribution >= 0.6 is 11.6 Å². The van der Waals surface area contributed by atoms with E-state index >= 15 is 0 Å². The zero-order valence-corrected chi connectivity index (χ0v) is 21.0. The van der Waals surface area contributed by atoms with Gasteiger partial charge in [-0.05, 0) is 51.8 Å². The van der Waals surface area contributed by atoms with Crippen LogP contribution in [0, 0.1) is 13.8 Å². The van der Waals surface area contributed by atoms with Crippen LogP contribution < -0.4 is 10.0 Å². The molecule has 0 aliphatic rings. The monoisotopic (exact) mass is 488 g/mol. The van der Waals surface area contributed by atoms with Crippen LogP contribution in [0.25, 0.3) is 0 Å². The normalized spacial score (nSPS) is 12.1. The van der Waals surface area contributed by atoms with Crippen LogP contribution in [0.4, 0.5) is 0 Å². The third-order valence-electron chi connectivity index (χ3n) is 4.89. The molecule has 0 saturated carbocycles. The molecule has 7 nitrogen and oxygen atoms in total. The Balaban J connectivity index is 1.79. The van der Waals surface area contributed by atoms with E-state index in [4.69, 9.17) is 11.6 Å². The highest BCUT2D eigenvalue weighted by Gasteiger charge is 2.25. The third kappa shape index (κ3) is 6.22. The second-order valence-corrected chi connectivity index (χ2v) is 11.0. The summed E-state index contributed by atoms with van der Waals surface area (Å²) in [6.07, 6.45) is 0. The molecule has 0 saturated heterocycles. The second kappa shape index (κ2) is 9.67. The van der Waals surface area contributed by atoms with Gasteiger partial charge in [0.1, 0.15) is 5.15 Å². The van der Waals surface area contributed by atoms with Crippen LogP contribution in [-0.4, -0.2) is 29.6 Å². The Morgan fingerprint density at radius 3 is 2.33 bits per heavy atom. The van der Waals surface area contributed by atoms with Crippen molar-refractivity contribution in [2.45, 2.75) is 58.1 Å². The Morgan fingerprint density at radius 1 is 1.06 bits per heavy atom. The standard InChI is InChI=1S/C24H29ClN4O3S/c1-16-10-12-18(13-11-16)15-29-22(25)21(17(2)27-29)23(30)26-14-19-8-6-7-9-20(19)33(31,32)28-24(3,4)5/h6-13,28H,14-15H2,1-5H3,(H,26,30). The highest BCUT2D eigenvalue weighted by atomic mass is 35.5. The lowest BCUT2D eigenvalue weighted by Gasteiger charge is -2.21. The summed E-state index contributed by atoms with van der Waals surface area (Å²) in [4.78, 5) is 13.1. The minimum Gasteiger partial charge on any atom is -0.348 e. The molecule has 1 heterocycles. The molecule has 0 aliphatic carbocycles. The number of aromatic nitrogens is 2. The molecule has 9 heteroatoms. The van der Waals surface area contributed by atoms with Crippen LogP contribution in [0.15, 0.2) is 53.4 Å².